The molecule has 90 valence electrons. The number of hydrogen-bond acceptors (Lipinski definition) is 1. The summed E-state index contributed by atoms with van der Waals surface area (Å²) in [6.45, 7) is 8.69. The molecule has 0 fully saturated rings. The van der Waals surface area contributed by atoms with Crippen LogP contribution < -0.4 is 0 Å². The van der Waals surface area contributed by atoms with Gasteiger partial charge in [-0.3, -0.25) is 0 Å². The molecule has 1 N–H and O–H groups in total. The fraction of sp³-hybridized carbons (Fsp3) is 0.312. The van der Waals surface area contributed by atoms with Crippen molar-refractivity contribution in [3.63, 3.8) is 0 Å². The molecule has 0 saturated heterocycles. The van der Waals surface area contributed by atoms with Crippen molar-refractivity contribution in [1.29, 1.82) is 0 Å². The van der Waals surface area contributed by atoms with E-state index < -0.39 is 0 Å². The van der Waals surface area contributed by atoms with Gasteiger partial charge in [-0.1, -0.05) is 52.3 Å². The van der Waals surface area contributed by atoms with Crippen LogP contribution in [0.15, 0.2) is 24.3 Å². The molecule has 1 heteroatoms. The van der Waals surface area contributed by atoms with Crippen molar-refractivity contribution in [1.82, 2.24) is 0 Å². The van der Waals surface area contributed by atoms with Crippen LogP contribution in [0, 0.1) is 27.7 Å². The summed E-state index contributed by atoms with van der Waals surface area (Å²) in [5, 5.41) is 9.83. The lowest BCUT2D eigenvalue weighted by Crippen LogP contribution is -1.91. The SMILES string of the molecule is Cc1c(Cc2ccccc2O)c(C)[c-](C)c1C. The van der Waals surface area contributed by atoms with Crippen molar-refractivity contribution in [3.8, 4) is 5.75 Å². The maximum Gasteiger partial charge on any atom is 0.118 e. The van der Waals surface area contributed by atoms with Gasteiger partial charge in [0.15, 0.2) is 0 Å². The van der Waals surface area contributed by atoms with Gasteiger partial charge in [-0.25, -0.2) is 0 Å². The molecule has 0 radical (unpaired) electrons. The minimum Gasteiger partial charge on any atom is -0.508 e. The van der Waals surface area contributed by atoms with E-state index in [-0.39, 0.29) is 0 Å². The van der Waals surface area contributed by atoms with E-state index in [0.717, 1.165) is 12.0 Å². The van der Waals surface area contributed by atoms with Crippen LogP contribution >= 0.6 is 0 Å². The molecule has 17 heavy (non-hydrogen) atoms. The lowest BCUT2D eigenvalue weighted by molar-refractivity contribution is 0.469. The Hall–Kier alpha value is -1.63. The molecule has 2 aromatic rings. The lowest BCUT2D eigenvalue weighted by atomic mass is 10.0. The highest BCUT2D eigenvalue weighted by molar-refractivity contribution is 5.52. The van der Waals surface area contributed by atoms with Gasteiger partial charge in [-0.05, 0) is 11.6 Å². The monoisotopic (exact) mass is 227 g/mol. The molecule has 0 aromatic heterocycles. The van der Waals surface area contributed by atoms with E-state index in [1.165, 1.54) is 27.8 Å². The van der Waals surface area contributed by atoms with Crippen molar-refractivity contribution in [2.24, 2.45) is 0 Å². The van der Waals surface area contributed by atoms with Crippen molar-refractivity contribution in [2.75, 3.05) is 0 Å². The number of aromatic hydroxyl groups is 1. The molecular weight excluding hydrogens is 208 g/mol. The van der Waals surface area contributed by atoms with Gasteiger partial charge in [0.25, 0.3) is 0 Å². The molecule has 0 bridgehead atoms. The quantitative estimate of drug-likeness (QED) is 0.770. The molecule has 1 nitrogen and oxygen atoms in total. The van der Waals surface area contributed by atoms with Crippen LogP contribution in [0.5, 0.6) is 5.75 Å². The fourth-order valence-electron chi connectivity index (χ4n) is 2.41. The smallest absolute Gasteiger partial charge is 0.118 e. The predicted octanol–water partition coefficient (Wildman–Crippen LogP) is 3.94. The predicted molar refractivity (Wildman–Crippen MR) is 71.9 cm³/mol. The molecule has 0 aliphatic rings. The highest BCUT2D eigenvalue weighted by Gasteiger charge is 2.05. The molecule has 0 amide bonds. The highest BCUT2D eigenvalue weighted by atomic mass is 16.3. The number of phenols is 1. The summed E-state index contributed by atoms with van der Waals surface area (Å²) < 4.78 is 0. The normalized spacial score (nSPS) is 10.8. The van der Waals surface area contributed by atoms with Gasteiger partial charge in [0, 0.05) is 0 Å². The van der Waals surface area contributed by atoms with Gasteiger partial charge in [0.05, 0.1) is 0 Å². The standard InChI is InChI=1S/C16H19O/c1-10-11(2)13(4)15(12(10)3)9-14-7-5-6-8-16(14)17/h5-8,17H,9H2,1-4H3/q-1. The minimum absolute atomic E-state index is 0.391. The van der Waals surface area contributed by atoms with Gasteiger partial charge in [0.1, 0.15) is 5.75 Å². The number of phenolic OH excluding ortho intramolecular Hbond substituents is 1. The van der Waals surface area contributed by atoms with E-state index in [1.807, 2.05) is 18.2 Å². The molecule has 2 rings (SSSR count). The van der Waals surface area contributed by atoms with Crippen LogP contribution in [0.25, 0.3) is 0 Å². The van der Waals surface area contributed by atoms with Crippen LogP contribution in [0.2, 0.25) is 0 Å². The largest absolute Gasteiger partial charge is 0.508 e. The Kier molecular flexibility index (Phi) is 3.01. The van der Waals surface area contributed by atoms with Crippen molar-refractivity contribution in [3.05, 3.63) is 57.6 Å². The Balaban J connectivity index is 2.44. The molecule has 2 aromatic carbocycles. The first-order chi connectivity index (χ1) is 8.02. The van der Waals surface area contributed by atoms with Crippen molar-refractivity contribution < 1.29 is 5.11 Å². The Labute approximate surface area is 103 Å². The topological polar surface area (TPSA) is 20.2 Å². The van der Waals surface area contributed by atoms with Crippen LogP contribution in [0.4, 0.5) is 0 Å². The summed E-state index contributed by atoms with van der Waals surface area (Å²) in [6.07, 6.45) is 0.818. The number of para-hydroxylation sites is 1. The van der Waals surface area contributed by atoms with E-state index in [2.05, 4.69) is 27.7 Å². The zero-order valence-electron chi connectivity index (χ0n) is 11.0. The number of rotatable bonds is 2. The van der Waals surface area contributed by atoms with Gasteiger partial charge in [-0.15, -0.1) is 0 Å². The fourth-order valence-corrected chi connectivity index (χ4v) is 2.41. The number of benzene rings is 1. The van der Waals surface area contributed by atoms with E-state index >= 15 is 0 Å². The number of hydrogen-bond donors (Lipinski definition) is 1. The van der Waals surface area contributed by atoms with Gasteiger partial charge < -0.3 is 5.11 Å². The van der Waals surface area contributed by atoms with E-state index in [9.17, 15) is 5.11 Å². The van der Waals surface area contributed by atoms with Crippen molar-refractivity contribution in [2.45, 2.75) is 34.1 Å². The first-order valence-electron chi connectivity index (χ1n) is 6.01. The maximum atomic E-state index is 9.83. The summed E-state index contributed by atoms with van der Waals surface area (Å²) in [5.41, 5.74) is 7.86. The zero-order chi connectivity index (χ0) is 12.6. The average molecular weight is 227 g/mol. The van der Waals surface area contributed by atoms with Gasteiger partial charge >= 0.3 is 0 Å². The summed E-state index contributed by atoms with van der Waals surface area (Å²) in [6, 6.07) is 7.58. The molecule has 0 spiro atoms. The van der Waals surface area contributed by atoms with E-state index in [1.54, 1.807) is 6.07 Å². The van der Waals surface area contributed by atoms with Crippen LogP contribution in [0.1, 0.15) is 33.4 Å². The highest BCUT2D eigenvalue weighted by Crippen LogP contribution is 2.30. The molecule has 0 aliphatic carbocycles. The third-order valence-electron chi connectivity index (χ3n) is 3.95. The first-order valence-corrected chi connectivity index (χ1v) is 6.01. The van der Waals surface area contributed by atoms with E-state index in [0.29, 0.717) is 5.75 Å². The van der Waals surface area contributed by atoms with Crippen LogP contribution in [-0.2, 0) is 6.42 Å². The third kappa shape index (κ3) is 1.97. The molecule has 0 heterocycles. The Morgan fingerprint density at radius 1 is 1.06 bits per heavy atom. The summed E-state index contributed by atoms with van der Waals surface area (Å²) in [7, 11) is 0. The van der Waals surface area contributed by atoms with Gasteiger partial charge in [0.2, 0.25) is 0 Å². The molecular formula is C16H19O-. The summed E-state index contributed by atoms with van der Waals surface area (Å²) in [4.78, 5) is 0. The Bertz CT molecular complexity index is 521. The molecule has 0 saturated carbocycles. The minimum atomic E-state index is 0.391. The Morgan fingerprint density at radius 3 is 2.24 bits per heavy atom. The van der Waals surface area contributed by atoms with Crippen LogP contribution in [0.3, 0.4) is 0 Å². The van der Waals surface area contributed by atoms with E-state index in [4.69, 9.17) is 0 Å². The van der Waals surface area contributed by atoms with Crippen molar-refractivity contribution >= 4 is 0 Å². The third-order valence-corrected chi connectivity index (χ3v) is 3.95. The second-order valence-electron chi connectivity index (χ2n) is 4.78. The lowest BCUT2D eigenvalue weighted by Gasteiger charge is -2.14. The molecule has 0 unspecified atom stereocenters. The summed E-state index contributed by atoms with van der Waals surface area (Å²) in [5.74, 6) is 0.391. The average Bonchev–Trinajstić information content (AvgIpc) is 2.50. The molecule has 0 aliphatic heterocycles. The van der Waals surface area contributed by atoms with Crippen LogP contribution in [-0.4, -0.2) is 5.11 Å². The zero-order valence-corrected chi connectivity index (χ0v) is 11.0. The summed E-state index contributed by atoms with van der Waals surface area (Å²) >= 11 is 0. The first kappa shape index (κ1) is 11.8. The molecule has 0 atom stereocenters. The maximum absolute atomic E-state index is 9.83. The Morgan fingerprint density at radius 2 is 1.71 bits per heavy atom. The van der Waals surface area contributed by atoms with Gasteiger partial charge in [-0.2, -0.15) is 27.8 Å². The second kappa shape index (κ2) is 4.33. The second-order valence-corrected chi connectivity index (χ2v) is 4.78.